The van der Waals surface area contributed by atoms with Crippen molar-refractivity contribution in [2.24, 2.45) is 0 Å². The molecule has 2 unspecified atom stereocenters. The number of hydrogen-bond acceptors (Lipinski definition) is 3. The second-order valence-corrected chi connectivity index (χ2v) is 8.44. The Hall–Kier alpha value is -2.73. The fourth-order valence-electron chi connectivity index (χ4n) is 3.59. The fraction of sp³-hybridized carbons (Fsp3) is 0.240. The Labute approximate surface area is 197 Å². The minimum absolute atomic E-state index is 0.205. The van der Waals surface area contributed by atoms with Gasteiger partial charge in [-0.15, -0.1) is 0 Å². The van der Waals surface area contributed by atoms with E-state index in [1.807, 2.05) is 72.8 Å². The summed E-state index contributed by atoms with van der Waals surface area (Å²) in [5, 5.41) is 2.12. The zero-order valence-corrected chi connectivity index (χ0v) is 19.1. The van der Waals surface area contributed by atoms with Crippen LogP contribution in [-0.4, -0.2) is 30.8 Å². The van der Waals surface area contributed by atoms with Crippen molar-refractivity contribution >= 4 is 29.2 Å². The third-order valence-electron chi connectivity index (χ3n) is 5.49. The average Bonchev–Trinajstić information content (AvgIpc) is 2.81. The van der Waals surface area contributed by atoms with E-state index < -0.39 is 11.3 Å². The maximum Gasteiger partial charge on any atom is 0.319 e. The van der Waals surface area contributed by atoms with Crippen molar-refractivity contribution in [2.75, 3.05) is 13.7 Å². The molecule has 1 fully saturated rings. The Morgan fingerprint density at radius 2 is 1.75 bits per heavy atom. The highest BCUT2D eigenvalue weighted by atomic mass is 35.5. The molecular formula is C25H24Cl2N2O3. The van der Waals surface area contributed by atoms with Crippen LogP contribution in [0.3, 0.4) is 0 Å². The molecule has 7 heteroatoms. The average molecular weight is 471 g/mol. The van der Waals surface area contributed by atoms with Gasteiger partial charge < -0.3 is 14.8 Å². The quantitative estimate of drug-likeness (QED) is 0.447. The van der Waals surface area contributed by atoms with Crippen molar-refractivity contribution in [1.29, 1.82) is 0 Å². The summed E-state index contributed by atoms with van der Waals surface area (Å²) in [6.45, 7) is 0.991. The summed E-state index contributed by atoms with van der Waals surface area (Å²) in [6.07, 6.45) is 0.210. The fourth-order valence-corrected chi connectivity index (χ4v) is 4.30. The van der Waals surface area contributed by atoms with Crippen LogP contribution in [0.5, 0.6) is 5.75 Å². The number of amides is 2. The topological polar surface area (TPSA) is 50.8 Å². The van der Waals surface area contributed by atoms with Crippen molar-refractivity contribution in [3.63, 3.8) is 0 Å². The summed E-state index contributed by atoms with van der Waals surface area (Å²) in [4.78, 5) is 14.4. The molecule has 0 saturated carbocycles. The Kier molecular flexibility index (Phi) is 6.89. The summed E-state index contributed by atoms with van der Waals surface area (Å²) < 4.78 is 11.5. The lowest BCUT2D eigenvalue weighted by atomic mass is 10.00. The number of alkyl halides is 1. The normalized spacial score (nSPS) is 17.2. The molecule has 0 bridgehead atoms. The highest BCUT2D eigenvalue weighted by Crippen LogP contribution is 2.44. The Balaban J connectivity index is 1.48. The van der Waals surface area contributed by atoms with E-state index in [0.717, 1.165) is 16.9 Å². The summed E-state index contributed by atoms with van der Waals surface area (Å²) in [7, 11) is 1.62. The molecule has 1 heterocycles. The summed E-state index contributed by atoms with van der Waals surface area (Å²) in [5.41, 5.74) is 2.37. The number of carbonyl (C=O) groups excluding carboxylic acids is 1. The molecule has 2 atom stereocenters. The first-order chi connectivity index (χ1) is 15.5. The highest BCUT2D eigenvalue weighted by molar-refractivity contribution is 6.33. The predicted octanol–water partition coefficient (Wildman–Crippen LogP) is 5.75. The van der Waals surface area contributed by atoms with E-state index >= 15 is 0 Å². The zero-order valence-electron chi connectivity index (χ0n) is 17.6. The van der Waals surface area contributed by atoms with Gasteiger partial charge >= 0.3 is 6.03 Å². The van der Waals surface area contributed by atoms with Gasteiger partial charge in [-0.3, -0.25) is 4.90 Å². The largest absolute Gasteiger partial charge is 0.497 e. The molecule has 5 nitrogen and oxygen atoms in total. The van der Waals surface area contributed by atoms with Crippen LogP contribution in [0.1, 0.15) is 23.1 Å². The van der Waals surface area contributed by atoms with Gasteiger partial charge in [-0.1, -0.05) is 83.9 Å². The van der Waals surface area contributed by atoms with Gasteiger partial charge in [0.1, 0.15) is 12.0 Å². The van der Waals surface area contributed by atoms with Gasteiger partial charge in [-0.2, -0.15) is 0 Å². The number of nitrogens with zero attached hydrogens (tertiary/aromatic N) is 1. The molecular weight excluding hydrogens is 447 g/mol. The second-order valence-electron chi connectivity index (χ2n) is 7.50. The van der Waals surface area contributed by atoms with E-state index in [0.29, 0.717) is 30.1 Å². The zero-order chi connectivity index (χ0) is 22.6. The third kappa shape index (κ3) is 4.70. The Morgan fingerprint density at radius 1 is 1.06 bits per heavy atom. The van der Waals surface area contributed by atoms with Gasteiger partial charge in [0.15, 0.2) is 5.06 Å². The first-order valence-electron chi connectivity index (χ1n) is 10.4. The number of halogens is 2. The molecule has 2 amide bonds. The molecule has 1 saturated heterocycles. The van der Waals surface area contributed by atoms with Crippen LogP contribution in [0.4, 0.5) is 4.79 Å². The molecule has 32 heavy (non-hydrogen) atoms. The van der Waals surface area contributed by atoms with Crippen molar-refractivity contribution in [1.82, 2.24) is 10.2 Å². The maximum absolute atomic E-state index is 12.8. The number of urea groups is 1. The predicted molar refractivity (Wildman–Crippen MR) is 126 cm³/mol. The van der Waals surface area contributed by atoms with E-state index in [2.05, 4.69) is 5.32 Å². The van der Waals surface area contributed by atoms with Crippen LogP contribution in [-0.2, 0) is 16.3 Å². The molecule has 3 aromatic rings. The molecule has 1 aliphatic heterocycles. The van der Waals surface area contributed by atoms with E-state index in [1.54, 1.807) is 18.1 Å². The van der Waals surface area contributed by atoms with Crippen molar-refractivity contribution in [3.05, 3.63) is 101 Å². The minimum atomic E-state index is -1.32. The minimum Gasteiger partial charge on any atom is -0.497 e. The number of nitrogens with one attached hydrogen (secondary N) is 1. The van der Waals surface area contributed by atoms with Crippen LogP contribution in [0.25, 0.3) is 0 Å². The first kappa shape index (κ1) is 22.5. The SMILES string of the molecule is COc1ccc(CNC(=O)N2CCC2OC(Cl)(c2ccccc2)c2ccccc2Cl)cc1. The number of hydrogen-bond donors (Lipinski definition) is 1. The van der Waals surface area contributed by atoms with Crippen LogP contribution in [0.15, 0.2) is 78.9 Å². The second kappa shape index (κ2) is 9.82. The molecule has 0 radical (unpaired) electrons. The molecule has 1 aliphatic rings. The maximum atomic E-state index is 12.8. The number of methoxy groups -OCH3 is 1. The van der Waals surface area contributed by atoms with Gasteiger partial charge in [0.25, 0.3) is 0 Å². The lowest BCUT2D eigenvalue weighted by molar-refractivity contribution is -0.136. The summed E-state index contributed by atoms with van der Waals surface area (Å²) in [5.74, 6) is 0.773. The van der Waals surface area contributed by atoms with Crippen molar-refractivity contribution < 1.29 is 14.3 Å². The van der Waals surface area contributed by atoms with Gasteiger partial charge in [0.05, 0.1) is 7.11 Å². The van der Waals surface area contributed by atoms with E-state index in [1.165, 1.54) is 0 Å². The first-order valence-corrected chi connectivity index (χ1v) is 11.1. The molecule has 1 N–H and O–H groups in total. The summed E-state index contributed by atoms with van der Waals surface area (Å²) >= 11 is 13.6. The molecule has 0 aliphatic carbocycles. The van der Waals surface area contributed by atoms with Crippen LogP contribution >= 0.6 is 23.2 Å². The number of rotatable bonds is 7. The van der Waals surface area contributed by atoms with E-state index in [4.69, 9.17) is 32.7 Å². The van der Waals surface area contributed by atoms with Crippen LogP contribution in [0, 0.1) is 0 Å². The van der Waals surface area contributed by atoms with Gasteiger partial charge in [0.2, 0.25) is 0 Å². The van der Waals surface area contributed by atoms with E-state index in [-0.39, 0.29) is 6.03 Å². The number of likely N-dealkylation sites (tertiary alicyclic amines) is 1. The monoisotopic (exact) mass is 470 g/mol. The molecule has 166 valence electrons. The van der Waals surface area contributed by atoms with Gasteiger partial charge in [0, 0.05) is 35.7 Å². The third-order valence-corrected chi connectivity index (χ3v) is 6.33. The molecule has 0 spiro atoms. The molecule has 3 aromatic carbocycles. The van der Waals surface area contributed by atoms with Crippen LogP contribution in [0.2, 0.25) is 5.02 Å². The van der Waals surface area contributed by atoms with Crippen LogP contribution < -0.4 is 10.1 Å². The molecule has 4 rings (SSSR count). The number of ether oxygens (including phenoxy) is 2. The number of carbonyl (C=O) groups is 1. The Morgan fingerprint density at radius 3 is 2.38 bits per heavy atom. The smallest absolute Gasteiger partial charge is 0.319 e. The standard InChI is InChI=1S/C25H24Cl2N2O3/c1-31-20-13-11-18(12-14-20)17-28-24(30)29-16-15-23(29)32-25(27,19-7-3-2-4-8-19)21-9-5-6-10-22(21)26/h2-14,23H,15-17H2,1H3,(H,28,30). The van der Waals surface area contributed by atoms with Gasteiger partial charge in [-0.25, -0.2) is 4.79 Å². The van der Waals surface area contributed by atoms with Gasteiger partial charge in [-0.05, 0) is 23.8 Å². The van der Waals surface area contributed by atoms with E-state index in [9.17, 15) is 4.79 Å². The van der Waals surface area contributed by atoms with Crippen molar-refractivity contribution in [3.8, 4) is 5.75 Å². The highest BCUT2D eigenvalue weighted by Gasteiger charge is 2.43. The summed E-state index contributed by atoms with van der Waals surface area (Å²) in [6, 6.07) is 24.2. The number of benzene rings is 3. The van der Waals surface area contributed by atoms with Crippen molar-refractivity contribution in [2.45, 2.75) is 24.3 Å². The lowest BCUT2D eigenvalue weighted by Crippen LogP contribution is -2.57. The lowest BCUT2D eigenvalue weighted by Gasteiger charge is -2.44. The Bertz CT molecular complexity index is 1060. The molecule has 0 aromatic heterocycles.